The van der Waals surface area contributed by atoms with Gasteiger partial charge < -0.3 is 5.32 Å². The van der Waals surface area contributed by atoms with Gasteiger partial charge >= 0.3 is 0 Å². The fourth-order valence-corrected chi connectivity index (χ4v) is 2.07. The zero-order chi connectivity index (χ0) is 9.73. The standard InChI is InChI=1S/C10H18ClNO/c1-10(12-9(13)8-11)6-4-2-3-5-7-10/h2-8H2,1H3,(H,12,13). The van der Waals surface area contributed by atoms with Gasteiger partial charge in [0.1, 0.15) is 5.88 Å². The third-order valence-corrected chi connectivity index (χ3v) is 3.01. The molecule has 0 radical (unpaired) electrons. The van der Waals surface area contributed by atoms with Gasteiger partial charge in [0, 0.05) is 5.54 Å². The molecule has 0 aromatic heterocycles. The molecule has 1 aliphatic rings. The lowest BCUT2D eigenvalue weighted by Crippen LogP contribution is -2.46. The highest BCUT2D eigenvalue weighted by Gasteiger charge is 2.26. The van der Waals surface area contributed by atoms with Crippen LogP contribution in [-0.4, -0.2) is 17.3 Å². The van der Waals surface area contributed by atoms with Crippen molar-refractivity contribution in [2.24, 2.45) is 0 Å². The van der Waals surface area contributed by atoms with Crippen molar-refractivity contribution in [3.05, 3.63) is 0 Å². The number of hydrogen-bond acceptors (Lipinski definition) is 1. The predicted molar refractivity (Wildman–Crippen MR) is 55.0 cm³/mol. The van der Waals surface area contributed by atoms with Crippen LogP contribution in [0.2, 0.25) is 0 Å². The predicted octanol–water partition coefficient (Wildman–Crippen LogP) is 2.45. The highest BCUT2D eigenvalue weighted by molar-refractivity contribution is 6.27. The molecule has 0 atom stereocenters. The molecule has 0 bridgehead atoms. The second-order valence-corrected chi connectivity index (χ2v) is 4.42. The Bertz CT molecular complexity index is 174. The van der Waals surface area contributed by atoms with Crippen molar-refractivity contribution in [3.8, 4) is 0 Å². The van der Waals surface area contributed by atoms with Gasteiger partial charge in [0.25, 0.3) is 0 Å². The first-order valence-corrected chi connectivity index (χ1v) is 5.57. The monoisotopic (exact) mass is 203 g/mol. The molecule has 0 aromatic rings. The van der Waals surface area contributed by atoms with Crippen LogP contribution < -0.4 is 5.32 Å². The van der Waals surface area contributed by atoms with Gasteiger partial charge in [0.15, 0.2) is 0 Å². The van der Waals surface area contributed by atoms with Gasteiger partial charge in [0.05, 0.1) is 0 Å². The van der Waals surface area contributed by atoms with E-state index in [0.29, 0.717) is 0 Å². The maximum Gasteiger partial charge on any atom is 0.235 e. The molecule has 0 aliphatic heterocycles. The van der Waals surface area contributed by atoms with Gasteiger partial charge in [-0.1, -0.05) is 25.7 Å². The van der Waals surface area contributed by atoms with Crippen LogP contribution in [-0.2, 0) is 4.79 Å². The zero-order valence-corrected chi connectivity index (χ0v) is 8.99. The van der Waals surface area contributed by atoms with Crippen molar-refractivity contribution < 1.29 is 4.79 Å². The van der Waals surface area contributed by atoms with Gasteiger partial charge in [-0.15, -0.1) is 11.6 Å². The lowest BCUT2D eigenvalue weighted by molar-refractivity contribution is -0.120. The second-order valence-electron chi connectivity index (χ2n) is 4.16. The summed E-state index contributed by atoms with van der Waals surface area (Å²) in [5.41, 5.74) is 0.00245. The molecule has 0 unspecified atom stereocenters. The summed E-state index contributed by atoms with van der Waals surface area (Å²) in [6, 6.07) is 0. The van der Waals surface area contributed by atoms with E-state index in [-0.39, 0.29) is 17.3 Å². The van der Waals surface area contributed by atoms with E-state index in [0.717, 1.165) is 12.8 Å². The van der Waals surface area contributed by atoms with E-state index in [1.807, 2.05) is 0 Å². The molecular formula is C10H18ClNO. The number of hydrogen-bond donors (Lipinski definition) is 1. The molecule has 2 nitrogen and oxygen atoms in total. The molecule has 1 amide bonds. The fraction of sp³-hybridized carbons (Fsp3) is 0.900. The molecule has 0 heterocycles. The SMILES string of the molecule is CC1(NC(=O)CCl)CCCCCC1. The van der Waals surface area contributed by atoms with E-state index in [1.165, 1.54) is 25.7 Å². The second kappa shape index (κ2) is 4.85. The van der Waals surface area contributed by atoms with Crippen molar-refractivity contribution in [2.75, 3.05) is 5.88 Å². The summed E-state index contributed by atoms with van der Waals surface area (Å²) >= 11 is 5.46. The molecule has 0 saturated heterocycles. The first-order chi connectivity index (χ1) is 6.16. The fourth-order valence-electron chi connectivity index (χ4n) is 2.00. The van der Waals surface area contributed by atoms with E-state index < -0.39 is 0 Å². The number of alkyl halides is 1. The lowest BCUT2D eigenvalue weighted by Gasteiger charge is -2.29. The largest absolute Gasteiger partial charge is 0.350 e. The molecule has 13 heavy (non-hydrogen) atoms. The molecular weight excluding hydrogens is 186 g/mol. The Morgan fingerprint density at radius 1 is 1.31 bits per heavy atom. The number of carbonyl (C=O) groups excluding carboxylic acids is 1. The maximum atomic E-state index is 11.2. The average molecular weight is 204 g/mol. The number of carbonyl (C=O) groups is 1. The van der Waals surface area contributed by atoms with E-state index in [2.05, 4.69) is 12.2 Å². The van der Waals surface area contributed by atoms with Crippen LogP contribution in [0.4, 0.5) is 0 Å². The van der Waals surface area contributed by atoms with Crippen LogP contribution in [0.1, 0.15) is 45.4 Å². The van der Waals surface area contributed by atoms with Crippen LogP contribution in [0.15, 0.2) is 0 Å². The first-order valence-electron chi connectivity index (χ1n) is 5.03. The van der Waals surface area contributed by atoms with Crippen molar-refractivity contribution in [1.29, 1.82) is 0 Å². The molecule has 1 aliphatic carbocycles. The molecule has 3 heteroatoms. The Kier molecular flexibility index (Phi) is 4.04. The van der Waals surface area contributed by atoms with Crippen LogP contribution in [0.25, 0.3) is 0 Å². The van der Waals surface area contributed by atoms with Crippen molar-refractivity contribution in [2.45, 2.75) is 51.0 Å². The third kappa shape index (κ3) is 3.55. The van der Waals surface area contributed by atoms with E-state index in [9.17, 15) is 4.79 Å². The molecule has 76 valence electrons. The third-order valence-electron chi connectivity index (χ3n) is 2.77. The van der Waals surface area contributed by atoms with Crippen LogP contribution in [0.3, 0.4) is 0 Å². The summed E-state index contributed by atoms with van der Waals surface area (Å²) in [4.78, 5) is 11.2. The number of nitrogens with one attached hydrogen (secondary N) is 1. The molecule has 1 fully saturated rings. The zero-order valence-electron chi connectivity index (χ0n) is 8.24. The molecule has 1 rings (SSSR count). The molecule has 0 spiro atoms. The summed E-state index contributed by atoms with van der Waals surface area (Å²) in [5.74, 6) is 0.0429. The Morgan fingerprint density at radius 2 is 1.85 bits per heavy atom. The van der Waals surface area contributed by atoms with Gasteiger partial charge in [0.2, 0.25) is 5.91 Å². The Balaban J connectivity index is 2.46. The highest BCUT2D eigenvalue weighted by Crippen LogP contribution is 2.26. The van der Waals surface area contributed by atoms with Crippen molar-refractivity contribution in [1.82, 2.24) is 5.32 Å². The van der Waals surface area contributed by atoms with Crippen LogP contribution in [0.5, 0.6) is 0 Å². The maximum absolute atomic E-state index is 11.2. The number of halogens is 1. The molecule has 1 N–H and O–H groups in total. The Morgan fingerprint density at radius 3 is 2.31 bits per heavy atom. The topological polar surface area (TPSA) is 29.1 Å². The van der Waals surface area contributed by atoms with Crippen molar-refractivity contribution >= 4 is 17.5 Å². The first kappa shape index (κ1) is 10.8. The lowest BCUT2D eigenvalue weighted by atomic mass is 9.93. The quantitative estimate of drug-likeness (QED) is 0.542. The Hall–Kier alpha value is -0.240. The minimum absolute atomic E-state index is 0.00245. The normalized spacial score (nSPS) is 22.0. The summed E-state index contributed by atoms with van der Waals surface area (Å²) in [6.07, 6.45) is 7.22. The van der Waals surface area contributed by atoms with Gasteiger partial charge in [-0.25, -0.2) is 0 Å². The van der Waals surface area contributed by atoms with E-state index >= 15 is 0 Å². The minimum Gasteiger partial charge on any atom is -0.350 e. The summed E-state index contributed by atoms with van der Waals surface area (Å²) < 4.78 is 0. The van der Waals surface area contributed by atoms with Crippen LogP contribution >= 0.6 is 11.6 Å². The van der Waals surface area contributed by atoms with Crippen LogP contribution in [0, 0.1) is 0 Å². The summed E-state index contributed by atoms with van der Waals surface area (Å²) in [5, 5.41) is 3.01. The Labute approximate surface area is 85.0 Å². The minimum atomic E-state index is -0.0360. The summed E-state index contributed by atoms with van der Waals surface area (Å²) in [6.45, 7) is 2.13. The smallest absolute Gasteiger partial charge is 0.235 e. The summed E-state index contributed by atoms with van der Waals surface area (Å²) in [7, 11) is 0. The molecule has 1 saturated carbocycles. The van der Waals surface area contributed by atoms with Gasteiger partial charge in [-0.05, 0) is 19.8 Å². The van der Waals surface area contributed by atoms with Gasteiger partial charge in [-0.2, -0.15) is 0 Å². The van der Waals surface area contributed by atoms with Gasteiger partial charge in [-0.3, -0.25) is 4.79 Å². The molecule has 0 aromatic carbocycles. The van der Waals surface area contributed by atoms with E-state index in [1.54, 1.807) is 0 Å². The van der Waals surface area contributed by atoms with E-state index in [4.69, 9.17) is 11.6 Å². The number of amides is 1. The average Bonchev–Trinajstić information content (AvgIpc) is 2.30. The highest BCUT2D eigenvalue weighted by atomic mass is 35.5. The van der Waals surface area contributed by atoms with Crippen molar-refractivity contribution in [3.63, 3.8) is 0 Å². The number of rotatable bonds is 2.